The van der Waals surface area contributed by atoms with Gasteiger partial charge < -0.3 is 10.1 Å². The zero-order valence-corrected chi connectivity index (χ0v) is 13.7. The number of carbonyl (C=O) groups is 1. The van der Waals surface area contributed by atoms with E-state index in [1.54, 1.807) is 6.08 Å². The van der Waals surface area contributed by atoms with Crippen molar-refractivity contribution in [2.75, 3.05) is 6.61 Å². The van der Waals surface area contributed by atoms with Gasteiger partial charge in [0.05, 0.1) is 6.61 Å². The molecular weight excluding hydrogens is 288 g/mol. The number of rotatable bonds is 7. The zero-order valence-electron chi connectivity index (χ0n) is 13.7. The predicted molar refractivity (Wildman–Crippen MR) is 90.8 cm³/mol. The van der Waals surface area contributed by atoms with E-state index >= 15 is 0 Å². The number of benzene rings is 1. The lowest BCUT2D eigenvalue weighted by Gasteiger charge is -2.11. The zero-order chi connectivity index (χ0) is 16.5. The molecule has 1 amide bonds. The van der Waals surface area contributed by atoms with Crippen molar-refractivity contribution in [1.82, 2.24) is 5.32 Å². The number of nitrogens with zero attached hydrogens (tertiary/aromatic N) is 1. The van der Waals surface area contributed by atoms with Gasteiger partial charge in [0.1, 0.15) is 17.4 Å². The quantitative estimate of drug-likeness (QED) is 0.473. The molecule has 23 heavy (non-hydrogen) atoms. The first-order chi connectivity index (χ1) is 11.2. The maximum atomic E-state index is 12.1. The van der Waals surface area contributed by atoms with Crippen LogP contribution in [0.15, 0.2) is 29.8 Å². The second kappa shape index (κ2) is 8.99. The van der Waals surface area contributed by atoms with Crippen LogP contribution in [0.4, 0.5) is 0 Å². The minimum Gasteiger partial charge on any atom is -0.494 e. The molecular formula is C19H24N2O2. The van der Waals surface area contributed by atoms with Crippen LogP contribution in [0.3, 0.4) is 0 Å². The summed E-state index contributed by atoms with van der Waals surface area (Å²) in [6.07, 6.45) is 8.07. The van der Waals surface area contributed by atoms with Gasteiger partial charge in [-0.05, 0) is 43.0 Å². The highest BCUT2D eigenvalue weighted by Gasteiger charge is 2.19. The fourth-order valence-corrected chi connectivity index (χ4v) is 2.64. The van der Waals surface area contributed by atoms with Crippen LogP contribution >= 0.6 is 0 Å². The summed E-state index contributed by atoms with van der Waals surface area (Å²) in [5.74, 6) is 0.534. The van der Waals surface area contributed by atoms with Gasteiger partial charge in [-0.15, -0.1) is 0 Å². The number of hydrogen-bond acceptors (Lipinski definition) is 3. The Morgan fingerprint density at radius 3 is 2.65 bits per heavy atom. The molecule has 0 bridgehead atoms. The lowest BCUT2D eigenvalue weighted by molar-refractivity contribution is -0.117. The third-order valence-corrected chi connectivity index (χ3v) is 4.01. The van der Waals surface area contributed by atoms with Crippen molar-refractivity contribution in [3.63, 3.8) is 0 Å². The van der Waals surface area contributed by atoms with E-state index in [2.05, 4.69) is 12.2 Å². The van der Waals surface area contributed by atoms with Crippen molar-refractivity contribution in [2.45, 2.75) is 51.5 Å². The number of carbonyl (C=O) groups excluding carboxylic acids is 1. The number of ether oxygens (including phenoxy) is 1. The molecule has 1 aliphatic rings. The Kier molecular flexibility index (Phi) is 6.68. The molecule has 4 nitrogen and oxygen atoms in total. The van der Waals surface area contributed by atoms with Crippen molar-refractivity contribution in [2.24, 2.45) is 0 Å². The van der Waals surface area contributed by atoms with Crippen LogP contribution in [0.1, 0.15) is 51.0 Å². The smallest absolute Gasteiger partial charge is 0.262 e. The molecule has 4 heteroatoms. The van der Waals surface area contributed by atoms with Crippen LogP contribution in [-0.4, -0.2) is 18.6 Å². The fourth-order valence-electron chi connectivity index (χ4n) is 2.64. The monoisotopic (exact) mass is 312 g/mol. The lowest BCUT2D eigenvalue weighted by atomic mass is 10.1. The molecule has 0 saturated heterocycles. The molecule has 1 aliphatic carbocycles. The van der Waals surface area contributed by atoms with E-state index in [-0.39, 0.29) is 17.5 Å². The van der Waals surface area contributed by atoms with Crippen molar-refractivity contribution >= 4 is 12.0 Å². The third kappa shape index (κ3) is 5.45. The van der Waals surface area contributed by atoms with Crippen molar-refractivity contribution in [3.05, 3.63) is 35.4 Å². The molecule has 1 fully saturated rings. The second-order valence-corrected chi connectivity index (χ2v) is 5.90. The number of unbranched alkanes of at least 4 members (excludes halogenated alkanes) is 1. The number of nitrogens with one attached hydrogen (secondary N) is 1. The van der Waals surface area contributed by atoms with E-state index in [9.17, 15) is 10.1 Å². The fraction of sp³-hybridized carbons (Fsp3) is 0.474. The molecule has 1 N–H and O–H groups in total. The minimum atomic E-state index is -0.275. The molecule has 0 atom stereocenters. The molecule has 1 aromatic rings. The highest BCUT2D eigenvalue weighted by molar-refractivity contribution is 6.01. The van der Waals surface area contributed by atoms with E-state index in [0.29, 0.717) is 6.61 Å². The highest BCUT2D eigenvalue weighted by Crippen LogP contribution is 2.19. The van der Waals surface area contributed by atoms with Crippen LogP contribution in [-0.2, 0) is 4.79 Å². The van der Waals surface area contributed by atoms with Crippen LogP contribution in [0, 0.1) is 11.3 Å². The normalized spacial score (nSPS) is 15.2. The van der Waals surface area contributed by atoms with E-state index < -0.39 is 0 Å². The summed E-state index contributed by atoms with van der Waals surface area (Å²) in [6, 6.07) is 9.67. The Hall–Kier alpha value is -2.28. The van der Waals surface area contributed by atoms with Gasteiger partial charge in [0.15, 0.2) is 0 Å². The van der Waals surface area contributed by atoms with Crippen LogP contribution in [0.2, 0.25) is 0 Å². The maximum Gasteiger partial charge on any atom is 0.262 e. The number of amides is 1. The molecule has 1 aromatic carbocycles. The second-order valence-electron chi connectivity index (χ2n) is 5.90. The Balaban J connectivity index is 1.96. The van der Waals surface area contributed by atoms with E-state index in [1.165, 1.54) is 0 Å². The molecule has 2 rings (SSSR count). The first kappa shape index (κ1) is 17.1. The summed E-state index contributed by atoms with van der Waals surface area (Å²) >= 11 is 0. The van der Waals surface area contributed by atoms with Crippen molar-refractivity contribution < 1.29 is 9.53 Å². The number of hydrogen-bond donors (Lipinski definition) is 1. The molecule has 0 aliphatic heterocycles. The van der Waals surface area contributed by atoms with E-state index in [0.717, 1.165) is 49.8 Å². The SMILES string of the molecule is CCCCOc1ccc(/C=C(\C#N)C(=O)NC2CCCC2)cc1. The van der Waals surface area contributed by atoms with Gasteiger partial charge in [-0.1, -0.05) is 38.3 Å². The average molecular weight is 312 g/mol. The molecule has 0 heterocycles. The summed E-state index contributed by atoms with van der Waals surface area (Å²) in [6.45, 7) is 2.83. The Morgan fingerprint density at radius 2 is 2.04 bits per heavy atom. The molecule has 0 aromatic heterocycles. The van der Waals surface area contributed by atoms with Gasteiger partial charge in [0.2, 0.25) is 0 Å². The van der Waals surface area contributed by atoms with Gasteiger partial charge in [0, 0.05) is 6.04 Å². The molecule has 0 unspecified atom stereocenters. The maximum absolute atomic E-state index is 12.1. The topological polar surface area (TPSA) is 62.1 Å². The molecule has 0 spiro atoms. The van der Waals surface area contributed by atoms with Crippen molar-refractivity contribution in [3.8, 4) is 11.8 Å². The first-order valence-electron chi connectivity index (χ1n) is 8.38. The lowest BCUT2D eigenvalue weighted by Crippen LogP contribution is -2.33. The summed E-state index contributed by atoms with van der Waals surface area (Å²) in [5.41, 5.74) is 0.975. The van der Waals surface area contributed by atoms with E-state index in [1.807, 2.05) is 30.3 Å². The molecule has 122 valence electrons. The Labute approximate surface area is 138 Å². The summed E-state index contributed by atoms with van der Waals surface area (Å²) in [5, 5.41) is 12.2. The number of nitriles is 1. The summed E-state index contributed by atoms with van der Waals surface area (Å²) in [4.78, 5) is 12.1. The molecule has 1 saturated carbocycles. The predicted octanol–water partition coefficient (Wildman–Crippen LogP) is 3.83. The highest BCUT2D eigenvalue weighted by atomic mass is 16.5. The van der Waals surface area contributed by atoms with Crippen LogP contribution in [0.25, 0.3) is 6.08 Å². The largest absolute Gasteiger partial charge is 0.494 e. The van der Waals surface area contributed by atoms with Gasteiger partial charge in [0.25, 0.3) is 5.91 Å². The van der Waals surface area contributed by atoms with Gasteiger partial charge >= 0.3 is 0 Å². The van der Waals surface area contributed by atoms with Crippen LogP contribution in [0.5, 0.6) is 5.75 Å². The first-order valence-corrected chi connectivity index (χ1v) is 8.38. The van der Waals surface area contributed by atoms with E-state index in [4.69, 9.17) is 4.74 Å². The Bertz CT molecular complexity index is 578. The van der Waals surface area contributed by atoms with Crippen molar-refractivity contribution in [1.29, 1.82) is 5.26 Å². The van der Waals surface area contributed by atoms with Gasteiger partial charge in [-0.25, -0.2) is 0 Å². The summed E-state index contributed by atoms with van der Waals surface area (Å²) < 4.78 is 5.60. The van der Waals surface area contributed by atoms with Gasteiger partial charge in [-0.3, -0.25) is 4.79 Å². The Morgan fingerprint density at radius 1 is 1.35 bits per heavy atom. The average Bonchev–Trinajstić information content (AvgIpc) is 3.07. The molecule has 0 radical (unpaired) electrons. The summed E-state index contributed by atoms with van der Waals surface area (Å²) in [7, 11) is 0. The third-order valence-electron chi connectivity index (χ3n) is 4.01. The standard InChI is InChI=1S/C19H24N2O2/c1-2-3-12-23-18-10-8-15(9-11-18)13-16(14-20)19(22)21-17-6-4-5-7-17/h8-11,13,17H,2-7,12H2,1H3,(H,21,22)/b16-13+. The minimum absolute atomic E-state index is 0.150. The van der Waals surface area contributed by atoms with Crippen LogP contribution < -0.4 is 10.1 Å². The van der Waals surface area contributed by atoms with Gasteiger partial charge in [-0.2, -0.15) is 5.26 Å².